The van der Waals surface area contributed by atoms with Crippen molar-refractivity contribution in [3.05, 3.63) is 10.6 Å². The van der Waals surface area contributed by atoms with Gasteiger partial charge in [0.15, 0.2) is 4.77 Å². The Kier molecular flexibility index (Phi) is 3.80. The number of hydrogen-bond donors (Lipinski definition) is 0. The van der Waals surface area contributed by atoms with E-state index >= 15 is 0 Å². The first-order valence-electron chi connectivity index (χ1n) is 7.23. The number of aromatic nitrogens is 3. The molecule has 2 aliphatic rings. The Balaban J connectivity index is 1.78. The molecule has 1 fully saturated rings. The molecule has 1 aromatic rings. The van der Waals surface area contributed by atoms with Crippen molar-refractivity contribution in [2.24, 2.45) is 0 Å². The fourth-order valence-electron chi connectivity index (χ4n) is 3.01. The molecule has 18 heavy (non-hydrogen) atoms. The van der Waals surface area contributed by atoms with E-state index in [1.54, 1.807) is 0 Å². The van der Waals surface area contributed by atoms with Crippen LogP contribution in [0.1, 0.15) is 44.3 Å². The van der Waals surface area contributed by atoms with Crippen LogP contribution in [0.2, 0.25) is 0 Å². The maximum atomic E-state index is 5.58. The molecule has 0 aliphatic carbocycles. The van der Waals surface area contributed by atoms with Gasteiger partial charge in [-0.2, -0.15) is 5.10 Å². The predicted molar refractivity (Wildman–Crippen MR) is 74.0 cm³/mol. The van der Waals surface area contributed by atoms with Gasteiger partial charge in [0, 0.05) is 13.0 Å². The number of hydrogen-bond acceptors (Lipinski definition) is 3. The second kappa shape index (κ2) is 5.53. The number of nitrogens with zero attached hydrogens (tertiary/aromatic N) is 4. The third kappa shape index (κ3) is 2.52. The van der Waals surface area contributed by atoms with E-state index in [0.29, 0.717) is 0 Å². The Morgan fingerprint density at radius 1 is 0.944 bits per heavy atom. The first-order chi connectivity index (χ1) is 8.84. The molecule has 0 bridgehead atoms. The lowest BCUT2D eigenvalue weighted by atomic mass is 10.1. The highest BCUT2D eigenvalue weighted by atomic mass is 32.1. The van der Waals surface area contributed by atoms with Crippen LogP contribution in [-0.4, -0.2) is 32.3 Å². The smallest absolute Gasteiger partial charge is 0.199 e. The minimum atomic E-state index is 0.888. The topological polar surface area (TPSA) is 26.0 Å². The van der Waals surface area contributed by atoms with Crippen LogP contribution in [0.4, 0.5) is 0 Å². The van der Waals surface area contributed by atoms with Gasteiger partial charge in [0.25, 0.3) is 0 Å². The molecule has 0 atom stereocenters. The first-order valence-corrected chi connectivity index (χ1v) is 7.64. The minimum Gasteiger partial charge on any atom is -0.304 e. The summed E-state index contributed by atoms with van der Waals surface area (Å²) in [4.78, 5) is 2.48. The summed E-state index contributed by atoms with van der Waals surface area (Å²) in [6, 6.07) is 0. The molecular formula is C13H22N4S. The van der Waals surface area contributed by atoms with Gasteiger partial charge in [-0.25, -0.2) is 4.68 Å². The molecule has 1 saturated heterocycles. The molecule has 3 heterocycles. The summed E-state index contributed by atoms with van der Waals surface area (Å²) < 4.78 is 5.23. The minimum absolute atomic E-state index is 0.888. The molecule has 1 aromatic heterocycles. The normalized spacial score (nSPS) is 21.6. The van der Waals surface area contributed by atoms with Gasteiger partial charge in [-0.3, -0.25) is 4.90 Å². The summed E-state index contributed by atoms with van der Waals surface area (Å²) in [5.74, 6) is 1.20. The zero-order valence-corrected chi connectivity index (χ0v) is 11.8. The zero-order valence-electron chi connectivity index (χ0n) is 11.0. The standard InChI is InChI=1S/C13H22N4S/c18-13-16-10-6-1-3-7-12(16)14-17(13)11-15-8-4-2-5-9-15/h1-11H2. The van der Waals surface area contributed by atoms with Gasteiger partial charge in [0.1, 0.15) is 5.82 Å². The molecular weight excluding hydrogens is 244 g/mol. The van der Waals surface area contributed by atoms with Crippen LogP contribution in [-0.2, 0) is 19.6 Å². The van der Waals surface area contributed by atoms with E-state index in [1.807, 2.05) is 4.68 Å². The number of aryl methyl sites for hydroxylation is 1. The van der Waals surface area contributed by atoms with Gasteiger partial charge < -0.3 is 4.57 Å². The SMILES string of the molecule is S=c1n(CN2CCCCC2)nc2n1CCCCC2. The van der Waals surface area contributed by atoms with Crippen LogP contribution < -0.4 is 0 Å². The Hall–Kier alpha value is -0.680. The number of piperidine rings is 1. The summed E-state index contributed by atoms with van der Waals surface area (Å²) >= 11 is 5.58. The average molecular weight is 266 g/mol. The second-order valence-electron chi connectivity index (χ2n) is 5.48. The second-order valence-corrected chi connectivity index (χ2v) is 5.85. The van der Waals surface area contributed by atoms with Crippen molar-refractivity contribution >= 4 is 12.2 Å². The quantitative estimate of drug-likeness (QED) is 0.770. The highest BCUT2D eigenvalue weighted by molar-refractivity contribution is 7.71. The Bertz CT molecular complexity index is 456. The van der Waals surface area contributed by atoms with Crippen LogP contribution in [0.15, 0.2) is 0 Å². The Morgan fingerprint density at radius 3 is 2.50 bits per heavy atom. The van der Waals surface area contributed by atoms with E-state index in [9.17, 15) is 0 Å². The lowest BCUT2D eigenvalue weighted by Crippen LogP contribution is -2.32. The summed E-state index contributed by atoms with van der Waals surface area (Å²) in [5, 5.41) is 4.74. The van der Waals surface area contributed by atoms with Gasteiger partial charge in [-0.1, -0.05) is 12.8 Å². The Morgan fingerprint density at radius 2 is 1.67 bits per heavy atom. The average Bonchev–Trinajstić information content (AvgIpc) is 2.58. The number of fused-ring (bicyclic) bond motifs is 1. The van der Waals surface area contributed by atoms with Crippen molar-refractivity contribution < 1.29 is 0 Å². The van der Waals surface area contributed by atoms with Gasteiger partial charge in [0.05, 0.1) is 6.67 Å². The van der Waals surface area contributed by atoms with Crippen molar-refractivity contribution in [1.29, 1.82) is 0 Å². The van der Waals surface area contributed by atoms with Crippen LogP contribution in [0.5, 0.6) is 0 Å². The van der Waals surface area contributed by atoms with Gasteiger partial charge in [-0.05, 0) is 51.0 Å². The summed E-state index contributed by atoms with van der Waals surface area (Å²) in [6.45, 7) is 4.35. The molecule has 0 aromatic carbocycles. The summed E-state index contributed by atoms with van der Waals surface area (Å²) in [6.07, 6.45) is 8.93. The van der Waals surface area contributed by atoms with Crippen LogP contribution >= 0.6 is 12.2 Å². The third-order valence-electron chi connectivity index (χ3n) is 4.06. The van der Waals surface area contributed by atoms with Gasteiger partial charge >= 0.3 is 0 Å². The highest BCUT2D eigenvalue weighted by Gasteiger charge is 2.16. The van der Waals surface area contributed by atoms with E-state index in [1.165, 1.54) is 57.4 Å². The van der Waals surface area contributed by atoms with Gasteiger partial charge in [0.2, 0.25) is 0 Å². The molecule has 0 saturated carbocycles. The van der Waals surface area contributed by atoms with Crippen molar-refractivity contribution in [3.8, 4) is 0 Å². The first kappa shape index (κ1) is 12.4. The highest BCUT2D eigenvalue weighted by Crippen LogP contribution is 2.15. The Labute approximate surface area is 114 Å². The van der Waals surface area contributed by atoms with Crippen molar-refractivity contribution in [3.63, 3.8) is 0 Å². The molecule has 3 rings (SSSR count). The van der Waals surface area contributed by atoms with E-state index in [2.05, 4.69) is 9.47 Å². The molecule has 4 nitrogen and oxygen atoms in total. The van der Waals surface area contributed by atoms with E-state index in [-0.39, 0.29) is 0 Å². The fraction of sp³-hybridized carbons (Fsp3) is 0.846. The molecule has 2 aliphatic heterocycles. The van der Waals surface area contributed by atoms with E-state index < -0.39 is 0 Å². The lowest BCUT2D eigenvalue weighted by Gasteiger charge is -2.25. The predicted octanol–water partition coefficient (Wildman–Crippen LogP) is 2.58. The van der Waals surface area contributed by atoms with Crippen LogP contribution in [0.3, 0.4) is 0 Å². The van der Waals surface area contributed by atoms with Crippen molar-refractivity contribution in [2.75, 3.05) is 13.1 Å². The molecule has 0 unspecified atom stereocenters. The molecule has 0 spiro atoms. The molecule has 5 heteroatoms. The van der Waals surface area contributed by atoms with Crippen molar-refractivity contribution in [1.82, 2.24) is 19.2 Å². The van der Waals surface area contributed by atoms with Crippen molar-refractivity contribution in [2.45, 2.75) is 58.2 Å². The van der Waals surface area contributed by atoms with Crippen LogP contribution in [0.25, 0.3) is 0 Å². The largest absolute Gasteiger partial charge is 0.304 e. The number of rotatable bonds is 2. The fourth-order valence-corrected chi connectivity index (χ4v) is 3.30. The van der Waals surface area contributed by atoms with E-state index in [4.69, 9.17) is 17.3 Å². The molecule has 0 amide bonds. The maximum Gasteiger partial charge on any atom is 0.199 e. The molecule has 100 valence electrons. The summed E-state index contributed by atoms with van der Waals surface area (Å²) in [7, 11) is 0. The number of likely N-dealkylation sites (tertiary alicyclic amines) is 1. The van der Waals surface area contributed by atoms with E-state index in [0.717, 1.165) is 24.4 Å². The summed E-state index contributed by atoms with van der Waals surface area (Å²) in [5.41, 5.74) is 0. The zero-order chi connectivity index (χ0) is 12.4. The lowest BCUT2D eigenvalue weighted by molar-refractivity contribution is 0.171. The van der Waals surface area contributed by atoms with Gasteiger partial charge in [-0.15, -0.1) is 0 Å². The monoisotopic (exact) mass is 266 g/mol. The molecule has 0 N–H and O–H groups in total. The molecule has 0 radical (unpaired) electrons. The maximum absolute atomic E-state index is 5.58. The van der Waals surface area contributed by atoms with Crippen LogP contribution in [0, 0.1) is 4.77 Å². The third-order valence-corrected chi connectivity index (χ3v) is 4.50.